The van der Waals surface area contributed by atoms with E-state index >= 15 is 0 Å². The number of hydrogen-bond donors (Lipinski definition) is 1. The van der Waals surface area contributed by atoms with Crippen LogP contribution in [0.4, 0.5) is 0 Å². The third-order valence-corrected chi connectivity index (χ3v) is 3.63. The van der Waals surface area contributed by atoms with Crippen molar-refractivity contribution in [1.29, 1.82) is 0 Å². The van der Waals surface area contributed by atoms with Gasteiger partial charge in [0, 0.05) is 18.1 Å². The van der Waals surface area contributed by atoms with Gasteiger partial charge in [0.05, 0.1) is 0 Å². The fraction of sp³-hybridized carbons (Fsp3) is 1.00. The topological polar surface area (TPSA) is 20.2 Å². The van der Waals surface area contributed by atoms with Crippen molar-refractivity contribution >= 4 is 21.6 Å². The maximum Gasteiger partial charge on any atom is 0.0439 e. The van der Waals surface area contributed by atoms with Crippen LogP contribution >= 0.6 is 21.6 Å². The fourth-order valence-electron chi connectivity index (χ4n) is 0.445. The van der Waals surface area contributed by atoms with E-state index in [2.05, 4.69) is 6.92 Å². The van der Waals surface area contributed by atoms with Gasteiger partial charge in [-0.15, -0.1) is 0 Å². The summed E-state index contributed by atoms with van der Waals surface area (Å²) in [5.74, 6) is 2.34. The Hall–Kier alpha value is 0.660. The molecule has 0 saturated heterocycles. The summed E-state index contributed by atoms with van der Waals surface area (Å²) in [6.07, 6.45) is 3.54. The van der Waals surface area contributed by atoms with Crippen LogP contribution in [0.15, 0.2) is 0 Å². The van der Waals surface area contributed by atoms with Gasteiger partial charge in [-0.05, 0) is 12.8 Å². The molecule has 1 nitrogen and oxygen atoms in total. The molecule has 62 valence electrons. The Bertz CT molecular complexity index is 51.6. The molecule has 1 N–H and O–H groups in total. The monoisotopic (exact) mass is 180 g/mol. The third-order valence-electron chi connectivity index (χ3n) is 1.05. The summed E-state index contributed by atoms with van der Waals surface area (Å²) in [5.41, 5.74) is 0. The zero-order valence-corrected chi connectivity index (χ0v) is 8.14. The van der Waals surface area contributed by atoms with E-state index in [0.29, 0.717) is 6.61 Å². The second-order valence-corrected chi connectivity index (χ2v) is 4.78. The molecule has 0 rings (SSSR count). The molecule has 0 aromatic heterocycles. The molecule has 3 heteroatoms. The van der Waals surface area contributed by atoms with Gasteiger partial charge in [0.25, 0.3) is 0 Å². The van der Waals surface area contributed by atoms with Crippen LogP contribution < -0.4 is 0 Å². The molecular weight excluding hydrogens is 164 g/mol. The van der Waals surface area contributed by atoms with E-state index in [-0.39, 0.29) is 0 Å². The lowest BCUT2D eigenvalue weighted by atomic mass is 10.4. The highest BCUT2D eigenvalue weighted by Gasteiger charge is 1.88. The summed E-state index contributed by atoms with van der Waals surface area (Å²) in [7, 11) is 3.80. The Kier molecular flexibility index (Phi) is 10.3. The maximum atomic E-state index is 8.45. The Morgan fingerprint density at radius 3 is 2.20 bits per heavy atom. The summed E-state index contributed by atoms with van der Waals surface area (Å²) in [6.45, 7) is 2.54. The number of aliphatic hydroxyl groups is 1. The van der Waals surface area contributed by atoms with Gasteiger partial charge in [-0.1, -0.05) is 34.9 Å². The molecule has 10 heavy (non-hydrogen) atoms. The van der Waals surface area contributed by atoms with Gasteiger partial charge in [-0.3, -0.25) is 0 Å². The van der Waals surface area contributed by atoms with Crippen molar-refractivity contribution in [3.8, 4) is 0 Å². The largest absolute Gasteiger partial charge is 0.396 e. The van der Waals surface area contributed by atoms with Gasteiger partial charge in [0.1, 0.15) is 0 Å². The zero-order valence-electron chi connectivity index (χ0n) is 6.51. The lowest BCUT2D eigenvalue weighted by molar-refractivity contribution is 0.296. The van der Waals surface area contributed by atoms with Crippen LogP contribution in [0.2, 0.25) is 0 Å². The quantitative estimate of drug-likeness (QED) is 0.480. The molecule has 0 bridgehead atoms. The van der Waals surface area contributed by atoms with Crippen molar-refractivity contribution in [3.63, 3.8) is 0 Å². The molecule has 0 spiro atoms. The minimum Gasteiger partial charge on any atom is -0.396 e. The normalized spacial score (nSPS) is 10.2. The Morgan fingerprint density at radius 2 is 1.70 bits per heavy atom. The summed E-state index contributed by atoms with van der Waals surface area (Å²) in [4.78, 5) is 0. The lowest BCUT2D eigenvalue weighted by Crippen LogP contribution is -1.83. The standard InChI is InChI=1S/C7H16OS2/c1-2-3-6-9-10-7-4-5-8/h8H,2-7H2,1H3. The van der Waals surface area contributed by atoms with Gasteiger partial charge in [-0.25, -0.2) is 0 Å². The van der Waals surface area contributed by atoms with E-state index in [4.69, 9.17) is 5.11 Å². The zero-order chi connectivity index (χ0) is 7.66. The molecule has 0 atom stereocenters. The first-order chi connectivity index (χ1) is 4.91. The molecule has 0 aliphatic carbocycles. The van der Waals surface area contributed by atoms with E-state index in [1.54, 1.807) is 0 Å². The number of aliphatic hydroxyl groups excluding tert-OH is 1. The highest BCUT2D eigenvalue weighted by molar-refractivity contribution is 8.76. The van der Waals surface area contributed by atoms with Crippen molar-refractivity contribution in [2.24, 2.45) is 0 Å². The van der Waals surface area contributed by atoms with Gasteiger partial charge >= 0.3 is 0 Å². The van der Waals surface area contributed by atoms with Crippen LogP contribution in [-0.2, 0) is 0 Å². The highest BCUT2D eigenvalue weighted by atomic mass is 33.1. The van der Waals surface area contributed by atoms with Crippen molar-refractivity contribution in [1.82, 2.24) is 0 Å². The maximum absolute atomic E-state index is 8.45. The SMILES string of the molecule is CCCCSSCCCO. The van der Waals surface area contributed by atoms with E-state index < -0.39 is 0 Å². The van der Waals surface area contributed by atoms with Gasteiger partial charge in [0.15, 0.2) is 0 Å². The first-order valence-corrected chi connectivity index (χ1v) is 6.26. The second-order valence-electron chi connectivity index (χ2n) is 2.07. The van der Waals surface area contributed by atoms with Gasteiger partial charge < -0.3 is 5.11 Å². The minimum atomic E-state index is 0.335. The van der Waals surface area contributed by atoms with E-state index in [0.717, 1.165) is 12.2 Å². The van der Waals surface area contributed by atoms with Crippen LogP contribution in [0.3, 0.4) is 0 Å². The van der Waals surface area contributed by atoms with Crippen molar-refractivity contribution in [2.75, 3.05) is 18.1 Å². The molecule has 0 unspecified atom stereocenters. The second kappa shape index (κ2) is 9.66. The fourth-order valence-corrected chi connectivity index (χ4v) is 2.75. The molecule has 0 aromatic rings. The molecule has 0 amide bonds. The smallest absolute Gasteiger partial charge is 0.0439 e. The summed E-state index contributed by atoms with van der Waals surface area (Å²) in [6, 6.07) is 0. The molecular formula is C7H16OS2. The molecule has 0 aliphatic rings. The van der Waals surface area contributed by atoms with Crippen LogP contribution in [0.5, 0.6) is 0 Å². The van der Waals surface area contributed by atoms with E-state index in [9.17, 15) is 0 Å². The molecule has 0 aromatic carbocycles. The molecule has 0 heterocycles. The molecule has 0 radical (unpaired) electrons. The number of rotatable bonds is 7. The van der Waals surface area contributed by atoms with E-state index in [1.807, 2.05) is 21.6 Å². The first kappa shape index (κ1) is 10.7. The summed E-state index contributed by atoms with van der Waals surface area (Å²) < 4.78 is 0. The lowest BCUT2D eigenvalue weighted by Gasteiger charge is -1.97. The summed E-state index contributed by atoms with van der Waals surface area (Å²) >= 11 is 0. The van der Waals surface area contributed by atoms with Crippen molar-refractivity contribution in [2.45, 2.75) is 26.2 Å². The Balaban J connectivity index is 2.65. The predicted molar refractivity (Wildman–Crippen MR) is 51.5 cm³/mol. The minimum absolute atomic E-state index is 0.335. The van der Waals surface area contributed by atoms with Crippen LogP contribution in [0.1, 0.15) is 26.2 Å². The Labute approximate surface area is 71.4 Å². The van der Waals surface area contributed by atoms with Crippen LogP contribution in [0.25, 0.3) is 0 Å². The summed E-state index contributed by atoms with van der Waals surface area (Å²) in [5, 5.41) is 8.45. The molecule has 0 saturated carbocycles. The van der Waals surface area contributed by atoms with Crippen LogP contribution in [-0.4, -0.2) is 23.2 Å². The Morgan fingerprint density at radius 1 is 1.10 bits per heavy atom. The van der Waals surface area contributed by atoms with E-state index in [1.165, 1.54) is 18.6 Å². The highest BCUT2D eigenvalue weighted by Crippen LogP contribution is 2.22. The van der Waals surface area contributed by atoms with Gasteiger partial charge in [-0.2, -0.15) is 0 Å². The predicted octanol–water partition coefficient (Wildman–Crippen LogP) is 2.55. The van der Waals surface area contributed by atoms with Crippen molar-refractivity contribution < 1.29 is 5.11 Å². The number of hydrogen-bond acceptors (Lipinski definition) is 3. The molecule has 0 fully saturated rings. The average Bonchev–Trinajstić information content (AvgIpc) is 1.97. The number of unbranched alkanes of at least 4 members (excludes halogenated alkanes) is 1. The third kappa shape index (κ3) is 8.66. The van der Waals surface area contributed by atoms with Crippen LogP contribution in [0, 0.1) is 0 Å². The average molecular weight is 180 g/mol. The first-order valence-electron chi connectivity index (χ1n) is 3.77. The van der Waals surface area contributed by atoms with Crippen molar-refractivity contribution in [3.05, 3.63) is 0 Å². The molecule has 0 aliphatic heterocycles. The van der Waals surface area contributed by atoms with Gasteiger partial charge in [0.2, 0.25) is 0 Å².